The SMILES string of the molecule is CCc1cc2c(-c3ccccc3C(=O)O)c3cc(CC)c(=O)cc-3oc2cc1O. The van der Waals surface area contributed by atoms with Gasteiger partial charge in [-0.3, -0.25) is 4.79 Å². The number of aromatic hydroxyl groups is 1. The molecular formula is C24H20O5. The van der Waals surface area contributed by atoms with Crippen molar-refractivity contribution in [2.24, 2.45) is 0 Å². The molecule has 0 saturated heterocycles. The zero-order valence-corrected chi connectivity index (χ0v) is 16.2. The number of hydrogen-bond donors (Lipinski definition) is 2. The fraction of sp³-hybridized carbons (Fsp3) is 0.167. The Morgan fingerprint density at radius 1 is 0.966 bits per heavy atom. The van der Waals surface area contributed by atoms with Crippen LogP contribution in [0.3, 0.4) is 0 Å². The van der Waals surface area contributed by atoms with Gasteiger partial charge in [-0.05, 0) is 42.2 Å². The molecule has 0 unspecified atom stereocenters. The van der Waals surface area contributed by atoms with E-state index in [0.29, 0.717) is 51.8 Å². The first kappa shape index (κ1) is 18.7. The lowest BCUT2D eigenvalue weighted by Gasteiger charge is -2.18. The van der Waals surface area contributed by atoms with Crippen molar-refractivity contribution in [3.05, 3.63) is 75.4 Å². The van der Waals surface area contributed by atoms with Crippen LogP contribution in [0.4, 0.5) is 0 Å². The third kappa shape index (κ3) is 3.05. The van der Waals surface area contributed by atoms with Gasteiger partial charge in [0.05, 0.1) is 5.56 Å². The van der Waals surface area contributed by atoms with Gasteiger partial charge in [0.15, 0.2) is 5.43 Å². The van der Waals surface area contributed by atoms with E-state index in [1.54, 1.807) is 30.3 Å². The molecule has 2 N–H and O–H groups in total. The summed E-state index contributed by atoms with van der Waals surface area (Å²) in [5.41, 5.74) is 3.70. The fourth-order valence-electron chi connectivity index (χ4n) is 3.78. The van der Waals surface area contributed by atoms with Crippen LogP contribution in [0.2, 0.25) is 0 Å². The molecule has 1 aliphatic carbocycles. The molecule has 1 heterocycles. The number of phenols is 1. The van der Waals surface area contributed by atoms with Crippen LogP contribution >= 0.6 is 0 Å². The van der Waals surface area contributed by atoms with Crippen molar-refractivity contribution in [3.8, 4) is 28.2 Å². The second-order valence-electron chi connectivity index (χ2n) is 6.97. The minimum atomic E-state index is -1.03. The number of phenolic OH excluding ortho intramolecular Hbond substituents is 1. The molecule has 29 heavy (non-hydrogen) atoms. The highest BCUT2D eigenvalue weighted by Crippen LogP contribution is 2.43. The van der Waals surface area contributed by atoms with Crippen molar-refractivity contribution in [3.63, 3.8) is 0 Å². The van der Waals surface area contributed by atoms with Gasteiger partial charge < -0.3 is 14.6 Å². The molecule has 0 saturated carbocycles. The van der Waals surface area contributed by atoms with Crippen molar-refractivity contribution in [2.45, 2.75) is 26.7 Å². The van der Waals surface area contributed by atoms with Crippen LogP contribution in [-0.4, -0.2) is 16.2 Å². The summed E-state index contributed by atoms with van der Waals surface area (Å²) < 4.78 is 5.96. The van der Waals surface area contributed by atoms with E-state index in [0.717, 1.165) is 5.56 Å². The fourth-order valence-corrected chi connectivity index (χ4v) is 3.78. The summed E-state index contributed by atoms with van der Waals surface area (Å²) in [6.07, 6.45) is 1.17. The van der Waals surface area contributed by atoms with E-state index in [1.165, 1.54) is 12.1 Å². The van der Waals surface area contributed by atoms with Crippen LogP contribution in [0.1, 0.15) is 35.3 Å². The van der Waals surface area contributed by atoms with E-state index in [-0.39, 0.29) is 16.7 Å². The molecule has 1 aliphatic heterocycles. The summed E-state index contributed by atoms with van der Waals surface area (Å²) in [6.45, 7) is 3.84. The molecule has 0 amide bonds. The van der Waals surface area contributed by atoms with Gasteiger partial charge in [0.1, 0.15) is 17.1 Å². The largest absolute Gasteiger partial charge is 0.508 e. The van der Waals surface area contributed by atoms with Crippen LogP contribution in [0.15, 0.2) is 57.7 Å². The molecule has 0 atom stereocenters. The molecule has 5 heteroatoms. The molecular weight excluding hydrogens is 368 g/mol. The number of hydrogen-bond acceptors (Lipinski definition) is 4. The van der Waals surface area contributed by atoms with E-state index < -0.39 is 5.97 Å². The minimum absolute atomic E-state index is 0.105. The predicted molar refractivity (Wildman–Crippen MR) is 112 cm³/mol. The number of carboxylic acid groups (broad SMARTS) is 1. The Morgan fingerprint density at radius 3 is 2.38 bits per heavy atom. The van der Waals surface area contributed by atoms with Crippen molar-refractivity contribution in [1.29, 1.82) is 0 Å². The average molecular weight is 388 g/mol. The van der Waals surface area contributed by atoms with Gasteiger partial charge >= 0.3 is 5.97 Å². The highest BCUT2D eigenvalue weighted by Gasteiger charge is 2.23. The summed E-state index contributed by atoms with van der Waals surface area (Å²) in [4.78, 5) is 24.3. The van der Waals surface area contributed by atoms with Gasteiger partial charge in [0.2, 0.25) is 0 Å². The highest BCUT2D eigenvalue weighted by molar-refractivity contribution is 6.07. The smallest absolute Gasteiger partial charge is 0.336 e. The van der Waals surface area contributed by atoms with Crippen molar-refractivity contribution in [1.82, 2.24) is 0 Å². The zero-order chi connectivity index (χ0) is 20.7. The Balaban J connectivity index is 2.25. The summed E-state index contributed by atoms with van der Waals surface area (Å²) in [7, 11) is 0. The minimum Gasteiger partial charge on any atom is -0.508 e. The highest BCUT2D eigenvalue weighted by atomic mass is 16.4. The Morgan fingerprint density at radius 2 is 1.69 bits per heavy atom. The summed E-state index contributed by atoms with van der Waals surface area (Å²) in [5, 5.41) is 20.7. The van der Waals surface area contributed by atoms with Crippen molar-refractivity contribution >= 4 is 16.9 Å². The van der Waals surface area contributed by atoms with Gasteiger partial charge in [-0.2, -0.15) is 0 Å². The van der Waals surface area contributed by atoms with E-state index in [2.05, 4.69) is 0 Å². The number of benzene rings is 3. The first-order valence-corrected chi connectivity index (χ1v) is 9.52. The van der Waals surface area contributed by atoms with Gasteiger partial charge in [-0.1, -0.05) is 32.0 Å². The topological polar surface area (TPSA) is 87.7 Å². The maximum atomic E-state index is 12.4. The van der Waals surface area contributed by atoms with Crippen LogP contribution in [-0.2, 0) is 12.8 Å². The lowest BCUT2D eigenvalue weighted by atomic mass is 9.89. The Bertz CT molecular complexity index is 1280. The third-order valence-electron chi connectivity index (χ3n) is 5.29. The number of carboxylic acids is 1. The van der Waals surface area contributed by atoms with Crippen LogP contribution in [0, 0.1) is 0 Å². The maximum absolute atomic E-state index is 12.4. The van der Waals surface area contributed by atoms with E-state index in [9.17, 15) is 19.8 Å². The van der Waals surface area contributed by atoms with Gasteiger partial charge in [-0.15, -0.1) is 0 Å². The van der Waals surface area contributed by atoms with Crippen LogP contribution in [0.25, 0.3) is 33.4 Å². The molecule has 0 aromatic heterocycles. The third-order valence-corrected chi connectivity index (χ3v) is 5.29. The lowest BCUT2D eigenvalue weighted by Crippen LogP contribution is -2.09. The van der Waals surface area contributed by atoms with E-state index >= 15 is 0 Å². The molecule has 2 aliphatic rings. The first-order chi connectivity index (χ1) is 13.9. The molecule has 0 spiro atoms. The van der Waals surface area contributed by atoms with Crippen LogP contribution in [0.5, 0.6) is 5.75 Å². The Hall–Kier alpha value is -3.60. The van der Waals surface area contributed by atoms with E-state index in [4.69, 9.17) is 4.42 Å². The molecule has 146 valence electrons. The number of carbonyl (C=O) groups is 1. The van der Waals surface area contributed by atoms with E-state index in [1.807, 2.05) is 19.9 Å². The quantitative estimate of drug-likeness (QED) is 0.475. The molecule has 5 nitrogen and oxygen atoms in total. The summed E-state index contributed by atoms with van der Waals surface area (Å²) in [6, 6.07) is 13.4. The van der Waals surface area contributed by atoms with Gasteiger partial charge in [0, 0.05) is 34.2 Å². The monoisotopic (exact) mass is 388 g/mol. The number of aromatic carboxylic acids is 1. The summed E-state index contributed by atoms with van der Waals surface area (Å²) >= 11 is 0. The normalized spacial score (nSPS) is 11.2. The average Bonchev–Trinajstić information content (AvgIpc) is 2.71. The number of aryl methyl sites for hydroxylation is 2. The predicted octanol–water partition coefficient (Wildman–Crippen LogP) is 5.09. The zero-order valence-electron chi connectivity index (χ0n) is 16.2. The molecule has 4 rings (SSSR count). The van der Waals surface area contributed by atoms with Crippen molar-refractivity contribution < 1.29 is 19.4 Å². The molecule has 0 radical (unpaired) electrons. The maximum Gasteiger partial charge on any atom is 0.336 e. The number of fused-ring (bicyclic) bond motifs is 2. The molecule has 2 aromatic rings. The lowest BCUT2D eigenvalue weighted by molar-refractivity contribution is 0.0697. The molecule has 0 fully saturated rings. The number of rotatable bonds is 4. The van der Waals surface area contributed by atoms with Crippen LogP contribution < -0.4 is 5.43 Å². The molecule has 0 bridgehead atoms. The Kier molecular flexibility index (Phi) is 4.59. The van der Waals surface area contributed by atoms with Gasteiger partial charge in [0.25, 0.3) is 0 Å². The second kappa shape index (κ2) is 7.09. The summed E-state index contributed by atoms with van der Waals surface area (Å²) in [5.74, 6) is -0.569. The second-order valence-corrected chi connectivity index (χ2v) is 6.97. The molecule has 2 aromatic carbocycles. The standard InChI is InChI=1S/C24H20O5/c1-3-13-9-17-21(11-19(13)25)29-22-12-20(26)14(4-2)10-18(22)23(17)15-7-5-6-8-16(15)24(27)28/h5-12,25H,3-4H2,1-2H3,(H,27,28). The van der Waals surface area contributed by atoms with Gasteiger partial charge in [-0.25, -0.2) is 4.79 Å². The Labute approximate surface area is 167 Å². The first-order valence-electron chi connectivity index (χ1n) is 9.52. The van der Waals surface area contributed by atoms with Crippen molar-refractivity contribution in [2.75, 3.05) is 0 Å².